The molecule has 1 aliphatic heterocycles. The standard InChI is InChI=1S/C25H22Cl2N4O/c26-20-9-4-17(5-10-20)23-24(18-6-11-21(27)12-7-18)31-16-19(8-13-22(31)28-23)25(32)29-30-14-2-1-3-15-30/h4-13,16H,1-3,14-15H2,(H,29,32). The maximum absolute atomic E-state index is 12.9. The highest BCUT2D eigenvalue weighted by molar-refractivity contribution is 6.31. The topological polar surface area (TPSA) is 49.6 Å². The van der Waals surface area contributed by atoms with Crippen LogP contribution < -0.4 is 5.43 Å². The van der Waals surface area contributed by atoms with Gasteiger partial charge in [-0.3, -0.25) is 14.6 Å². The number of pyridine rings is 1. The second kappa shape index (κ2) is 8.94. The average molecular weight is 465 g/mol. The summed E-state index contributed by atoms with van der Waals surface area (Å²) in [5.41, 5.74) is 8.00. The van der Waals surface area contributed by atoms with Gasteiger partial charge in [-0.15, -0.1) is 0 Å². The van der Waals surface area contributed by atoms with Gasteiger partial charge < -0.3 is 0 Å². The first-order chi connectivity index (χ1) is 15.6. The molecule has 0 saturated carbocycles. The van der Waals surface area contributed by atoms with Gasteiger partial charge in [-0.2, -0.15) is 0 Å². The van der Waals surface area contributed by atoms with Gasteiger partial charge in [0.15, 0.2) is 0 Å². The molecule has 1 saturated heterocycles. The summed E-state index contributed by atoms with van der Waals surface area (Å²) in [6.07, 6.45) is 5.27. The Morgan fingerprint density at radius 3 is 2.09 bits per heavy atom. The van der Waals surface area contributed by atoms with Crippen molar-refractivity contribution in [3.05, 3.63) is 82.5 Å². The number of hydrazine groups is 1. The number of nitrogens with one attached hydrogen (secondary N) is 1. The number of benzene rings is 2. The van der Waals surface area contributed by atoms with E-state index in [1.807, 2.05) is 76.3 Å². The molecule has 2 aromatic heterocycles. The lowest BCUT2D eigenvalue weighted by atomic mass is 10.0. The molecule has 2 aromatic carbocycles. The van der Waals surface area contributed by atoms with Crippen LogP contribution in [0, 0.1) is 0 Å². The Balaban J connectivity index is 1.60. The molecule has 32 heavy (non-hydrogen) atoms. The Hall–Kier alpha value is -2.86. The molecule has 0 radical (unpaired) electrons. The SMILES string of the molecule is O=C(NN1CCCCC1)c1ccc2nc(-c3ccc(Cl)cc3)c(-c3ccc(Cl)cc3)n2c1. The van der Waals surface area contributed by atoms with Crippen molar-refractivity contribution < 1.29 is 4.79 Å². The molecule has 162 valence electrons. The highest BCUT2D eigenvalue weighted by atomic mass is 35.5. The molecule has 7 heteroatoms. The summed E-state index contributed by atoms with van der Waals surface area (Å²) < 4.78 is 1.97. The Bertz CT molecular complexity index is 1260. The molecule has 0 bridgehead atoms. The van der Waals surface area contributed by atoms with Gasteiger partial charge in [0.1, 0.15) is 5.65 Å². The zero-order valence-electron chi connectivity index (χ0n) is 17.4. The Morgan fingerprint density at radius 2 is 1.44 bits per heavy atom. The van der Waals surface area contributed by atoms with Gasteiger partial charge in [0.2, 0.25) is 0 Å². The molecule has 5 nitrogen and oxygen atoms in total. The van der Waals surface area contributed by atoms with E-state index < -0.39 is 0 Å². The van der Waals surface area contributed by atoms with Crippen LogP contribution in [0.5, 0.6) is 0 Å². The second-order valence-corrected chi connectivity index (χ2v) is 8.83. The van der Waals surface area contributed by atoms with Crippen molar-refractivity contribution >= 4 is 34.8 Å². The van der Waals surface area contributed by atoms with E-state index >= 15 is 0 Å². The van der Waals surface area contributed by atoms with Crippen LogP contribution in [-0.2, 0) is 0 Å². The van der Waals surface area contributed by atoms with Crippen LogP contribution in [0.25, 0.3) is 28.2 Å². The number of carbonyl (C=O) groups is 1. The Kier molecular flexibility index (Phi) is 5.87. The van der Waals surface area contributed by atoms with Crippen LogP contribution in [0.2, 0.25) is 10.0 Å². The summed E-state index contributed by atoms with van der Waals surface area (Å²) in [6.45, 7) is 1.77. The zero-order valence-corrected chi connectivity index (χ0v) is 18.9. The highest BCUT2D eigenvalue weighted by Gasteiger charge is 2.19. The van der Waals surface area contributed by atoms with E-state index in [1.165, 1.54) is 6.42 Å². The number of piperidine rings is 1. The number of nitrogens with zero attached hydrogens (tertiary/aromatic N) is 3. The normalized spacial score (nSPS) is 14.6. The van der Waals surface area contributed by atoms with Crippen LogP contribution in [0.1, 0.15) is 29.6 Å². The van der Waals surface area contributed by atoms with Gasteiger partial charge in [0.05, 0.1) is 17.0 Å². The maximum atomic E-state index is 12.9. The zero-order chi connectivity index (χ0) is 22.1. The van der Waals surface area contributed by atoms with Crippen LogP contribution in [-0.4, -0.2) is 33.4 Å². The number of imidazole rings is 1. The fraction of sp³-hybridized carbons (Fsp3) is 0.200. The first kappa shape index (κ1) is 21.0. The number of rotatable bonds is 4. The molecule has 0 spiro atoms. The monoisotopic (exact) mass is 464 g/mol. The van der Waals surface area contributed by atoms with Crippen molar-refractivity contribution in [3.63, 3.8) is 0 Å². The molecule has 1 aliphatic rings. The lowest BCUT2D eigenvalue weighted by Gasteiger charge is -2.26. The predicted molar refractivity (Wildman–Crippen MR) is 129 cm³/mol. The van der Waals surface area contributed by atoms with Gasteiger partial charge in [0, 0.05) is 40.5 Å². The summed E-state index contributed by atoms with van der Waals surface area (Å²) in [5, 5.41) is 3.34. The molecule has 0 unspecified atom stereocenters. The smallest absolute Gasteiger partial charge is 0.267 e. The largest absolute Gasteiger partial charge is 0.298 e. The molecule has 0 aliphatic carbocycles. The van der Waals surface area contributed by atoms with Crippen molar-refractivity contribution in [2.75, 3.05) is 13.1 Å². The van der Waals surface area contributed by atoms with Crippen molar-refractivity contribution in [1.82, 2.24) is 19.8 Å². The molecule has 4 aromatic rings. The molecular formula is C25H22Cl2N4O. The molecule has 1 N–H and O–H groups in total. The van der Waals surface area contributed by atoms with E-state index in [0.29, 0.717) is 15.6 Å². The number of hydrogen-bond donors (Lipinski definition) is 1. The van der Waals surface area contributed by atoms with Gasteiger partial charge in [-0.05, 0) is 49.2 Å². The van der Waals surface area contributed by atoms with Crippen molar-refractivity contribution in [2.45, 2.75) is 19.3 Å². The van der Waals surface area contributed by atoms with E-state index in [4.69, 9.17) is 28.2 Å². The van der Waals surface area contributed by atoms with Gasteiger partial charge in [0.25, 0.3) is 5.91 Å². The fourth-order valence-electron chi connectivity index (χ4n) is 4.09. The minimum absolute atomic E-state index is 0.113. The lowest BCUT2D eigenvalue weighted by molar-refractivity contribution is 0.0749. The van der Waals surface area contributed by atoms with Crippen molar-refractivity contribution in [2.24, 2.45) is 0 Å². The van der Waals surface area contributed by atoms with E-state index in [9.17, 15) is 4.79 Å². The molecule has 1 amide bonds. The molecular weight excluding hydrogens is 443 g/mol. The number of halogens is 2. The van der Waals surface area contributed by atoms with Crippen LogP contribution >= 0.6 is 23.2 Å². The van der Waals surface area contributed by atoms with E-state index in [1.54, 1.807) is 0 Å². The summed E-state index contributed by atoms with van der Waals surface area (Å²) >= 11 is 12.2. The third kappa shape index (κ3) is 4.24. The first-order valence-electron chi connectivity index (χ1n) is 10.7. The molecule has 0 atom stereocenters. The molecule has 3 heterocycles. The van der Waals surface area contributed by atoms with Crippen LogP contribution in [0.15, 0.2) is 66.9 Å². The average Bonchev–Trinajstić information content (AvgIpc) is 3.19. The number of carbonyl (C=O) groups excluding carboxylic acids is 1. The minimum atomic E-state index is -0.113. The molecule has 5 rings (SSSR count). The number of fused-ring (bicyclic) bond motifs is 1. The van der Waals surface area contributed by atoms with E-state index in [2.05, 4.69) is 5.43 Å². The van der Waals surface area contributed by atoms with Crippen molar-refractivity contribution in [3.8, 4) is 22.5 Å². The highest BCUT2D eigenvalue weighted by Crippen LogP contribution is 2.34. The number of amides is 1. The van der Waals surface area contributed by atoms with E-state index in [-0.39, 0.29) is 5.91 Å². The third-order valence-corrected chi connectivity index (χ3v) is 6.24. The van der Waals surface area contributed by atoms with Crippen LogP contribution in [0.4, 0.5) is 0 Å². The quantitative estimate of drug-likeness (QED) is 0.396. The fourth-order valence-corrected chi connectivity index (χ4v) is 4.34. The lowest BCUT2D eigenvalue weighted by Crippen LogP contribution is -2.45. The predicted octanol–water partition coefficient (Wildman–Crippen LogP) is 6.11. The third-order valence-electron chi connectivity index (χ3n) is 5.73. The molecule has 1 fully saturated rings. The summed E-state index contributed by atoms with van der Waals surface area (Å²) in [6, 6.07) is 18.9. The Labute approximate surface area is 196 Å². The number of hydrogen-bond acceptors (Lipinski definition) is 3. The Morgan fingerprint density at radius 1 is 0.812 bits per heavy atom. The number of aromatic nitrogens is 2. The summed E-state index contributed by atoms with van der Waals surface area (Å²) in [7, 11) is 0. The summed E-state index contributed by atoms with van der Waals surface area (Å²) in [5.74, 6) is -0.113. The van der Waals surface area contributed by atoms with E-state index in [0.717, 1.165) is 54.1 Å². The van der Waals surface area contributed by atoms with Gasteiger partial charge >= 0.3 is 0 Å². The van der Waals surface area contributed by atoms with Gasteiger partial charge in [-0.1, -0.05) is 53.9 Å². The maximum Gasteiger partial charge on any atom is 0.267 e. The first-order valence-corrected chi connectivity index (χ1v) is 11.4. The van der Waals surface area contributed by atoms with Crippen LogP contribution in [0.3, 0.4) is 0 Å². The van der Waals surface area contributed by atoms with Crippen molar-refractivity contribution in [1.29, 1.82) is 0 Å². The minimum Gasteiger partial charge on any atom is -0.298 e. The second-order valence-electron chi connectivity index (χ2n) is 7.96. The summed E-state index contributed by atoms with van der Waals surface area (Å²) in [4.78, 5) is 17.8. The van der Waals surface area contributed by atoms with Gasteiger partial charge in [-0.25, -0.2) is 9.99 Å².